The predicted octanol–water partition coefficient (Wildman–Crippen LogP) is 5.78. The number of amides is 1. The van der Waals surface area contributed by atoms with Crippen molar-refractivity contribution in [1.82, 2.24) is 4.98 Å². The van der Waals surface area contributed by atoms with Gasteiger partial charge in [-0.3, -0.25) is 9.78 Å². The van der Waals surface area contributed by atoms with Crippen LogP contribution in [-0.4, -0.2) is 31.7 Å². The minimum atomic E-state index is -0.549. The van der Waals surface area contributed by atoms with Crippen LogP contribution in [0.1, 0.15) is 12.0 Å². The number of aromatic nitrogens is 1. The lowest BCUT2D eigenvalue weighted by molar-refractivity contribution is -0.117. The maximum absolute atomic E-state index is 15.1. The van der Waals surface area contributed by atoms with E-state index in [0.717, 1.165) is 6.42 Å². The molecule has 1 atom stereocenters. The van der Waals surface area contributed by atoms with Gasteiger partial charge in [0.15, 0.2) is 23.1 Å². The summed E-state index contributed by atoms with van der Waals surface area (Å²) in [6.45, 7) is 0.560. The molecule has 1 amide bonds. The van der Waals surface area contributed by atoms with E-state index in [1.807, 2.05) is 18.2 Å². The lowest BCUT2D eigenvalue weighted by Crippen LogP contribution is -2.24. The summed E-state index contributed by atoms with van der Waals surface area (Å²) in [5.74, 6) is 1.16. The molecule has 0 saturated carbocycles. The molecule has 35 heavy (non-hydrogen) atoms. The minimum Gasteiger partial charge on any atom is -0.493 e. The largest absolute Gasteiger partial charge is 0.493 e. The predicted molar refractivity (Wildman–Crippen MR) is 132 cm³/mol. The number of nitrogens with zero attached hydrogens (tertiary/aromatic N) is 2. The first kappa shape index (κ1) is 22.7. The maximum Gasteiger partial charge on any atom is 0.227 e. The number of carbonyl (C=O) groups excluding carboxylic acids is 1. The molecule has 1 aliphatic rings. The molecule has 4 aromatic rings. The summed E-state index contributed by atoms with van der Waals surface area (Å²) in [5.41, 5.74) is 2.27. The highest BCUT2D eigenvalue weighted by Gasteiger charge is 2.31. The zero-order valence-corrected chi connectivity index (χ0v) is 19.5. The third-order valence-electron chi connectivity index (χ3n) is 6.23. The van der Waals surface area contributed by atoms with Gasteiger partial charge >= 0.3 is 0 Å². The number of halogens is 1. The zero-order chi connectivity index (χ0) is 24.4. The number of benzene rings is 3. The van der Waals surface area contributed by atoms with Crippen LogP contribution in [0.5, 0.6) is 23.0 Å². The number of ether oxygens (including phenoxy) is 3. The summed E-state index contributed by atoms with van der Waals surface area (Å²) < 4.78 is 31.8. The summed E-state index contributed by atoms with van der Waals surface area (Å²) >= 11 is 0. The van der Waals surface area contributed by atoms with E-state index in [4.69, 9.17) is 14.2 Å². The molecule has 0 aliphatic carbocycles. The normalized spacial score (nSPS) is 15.5. The molecule has 1 aromatic heterocycles. The van der Waals surface area contributed by atoms with E-state index in [1.54, 1.807) is 48.5 Å². The molecule has 0 N–H and O–H groups in total. The van der Waals surface area contributed by atoms with Crippen molar-refractivity contribution in [2.45, 2.75) is 12.8 Å². The van der Waals surface area contributed by atoms with Crippen LogP contribution >= 0.6 is 0 Å². The van der Waals surface area contributed by atoms with Gasteiger partial charge in [-0.2, -0.15) is 0 Å². The lowest BCUT2D eigenvalue weighted by Gasteiger charge is -2.18. The number of pyridine rings is 1. The number of anilines is 1. The Morgan fingerprint density at radius 2 is 1.77 bits per heavy atom. The van der Waals surface area contributed by atoms with Crippen molar-refractivity contribution < 1.29 is 23.4 Å². The van der Waals surface area contributed by atoms with Crippen molar-refractivity contribution in [2.24, 2.45) is 5.92 Å². The number of hydrogen-bond donors (Lipinski definition) is 0. The van der Waals surface area contributed by atoms with Gasteiger partial charge in [-0.1, -0.05) is 30.3 Å². The smallest absolute Gasteiger partial charge is 0.227 e. The number of carbonyl (C=O) groups is 1. The van der Waals surface area contributed by atoms with Crippen molar-refractivity contribution in [3.05, 3.63) is 84.3 Å². The highest BCUT2D eigenvalue weighted by Crippen LogP contribution is 2.39. The molecule has 0 spiro atoms. The van der Waals surface area contributed by atoms with Gasteiger partial charge in [0.1, 0.15) is 11.3 Å². The van der Waals surface area contributed by atoms with Gasteiger partial charge in [-0.15, -0.1) is 0 Å². The van der Waals surface area contributed by atoms with E-state index < -0.39 is 5.82 Å². The average Bonchev–Trinajstić information content (AvgIpc) is 3.24. The molecule has 1 aliphatic heterocycles. The Kier molecular flexibility index (Phi) is 6.23. The van der Waals surface area contributed by atoms with Crippen LogP contribution in [0.4, 0.5) is 10.1 Å². The number of methoxy groups -OCH3 is 2. The Labute approximate surface area is 202 Å². The molecule has 1 fully saturated rings. The van der Waals surface area contributed by atoms with Gasteiger partial charge in [-0.25, -0.2) is 4.39 Å². The van der Waals surface area contributed by atoms with Crippen molar-refractivity contribution in [1.29, 1.82) is 0 Å². The number of rotatable bonds is 7. The van der Waals surface area contributed by atoms with Gasteiger partial charge in [0.25, 0.3) is 0 Å². The van der Waals surface area contributed by atoms with E-state index in [1.165, 1.54) is 18.7 Å². The molecule has 0 radical (unpaired) electrons. The van der Waals surface area contributed by atoms with Gasteiger partial charge in [0.05, 0.1) is 14.2 Å². The molecular formula is C28H25FN2O4. The third-order valence-corrected chi connectivity index (χ3v) is 6.23. The molecule has 7 heteroatoms. The first-order valence-corrected chi connectivity index (χ1v) is 11.4. The van der Waals surface area contributed by atoms with Gasteiger partial charge in [0.2, 0.25) is 5.91 Å². The number of hydrogen-bond acceptors (Lipinski definition) is 5. The molecule has 178 valence electrons. The fourth-order valence-corrected chi connectivity index (χ4v) is 4.57. The van der Waals surface area contributed by atoms with Crippen molar-refractivity contribution in [3.8, 4) is 23.0 Å². The van der Waals surface area contributed by atoms with Crippen molar-refractivity contribution in [3.63, 3.8) is 0 Å². The Hall–Kier alpha value is -4.13. The minimum absolute atomic E-state index is 0.000157. The quantitative estimate of drug-likeness (QED) is 0.341. The van der Waals surface area contributed by atoms with Crippen LogP contribution in [0.3, 0.4) is 0 Å². The van der Waals surface area contributed by atoms with Gasteiger partial charge < -0.3 is 19.1 Å². The molecule has 5 rings (SSSR count). The molecule has 2 heterocycles. The molecule has 6 nitrogen and oxygen atoms in total. The van der Waals surface area contributed by atoms with E-state index in [2.05, 4.69) is 17.1 Å². The van der Waals surface area contributed by atoms with E-state index in [-0.39, 0.29) is 17.6 Å². The second-order valence-electron chi connectivity index (χ2n) is 8.49. The average molecular weight is 473 g/mol. The molecule has 1 saturated heterocycles. The summed E-state index contributed by atoms with van der Waals surface area (Å²) in [5, 5.41) is 0.659. The summed E-state index contributed by atoms with van der Waals surface area (Å²) in [7, 11) is 3.09. The highest BCUT2D eigenvalue weighted by atomic mass is 19.1. The third kappa shape index (κ3) is 4.49. The first-order chi connectivity index (χ1) is 17.1. The molecule has 0 bridgehead atoms. The van der Waals surface area contributed by atoms with E-state index in [0.29, 0.717) is 46.8 Å². The van der Waals surface area contributed by atoms with Crippen LogP contribution in [0, 0.1) is 11.7 Å². The Bertz CT molecular complexity index is 1380. The van der Waals surface area contributed by atoms with Gasteiger partial charge in [0, 0.05) is 36.3 Å². The second kappa shape index (κ2) is 9.62. The second-order valence-corrected chi connectivity index (χ2v) is 8.49. The Morgan fingerprint density at radius 1 is 0.971 bits per heavy atom. The first-order valence-electron chi connectivity index (χ1n) is 11.4. The summed E-state index contributed by atoms with van der Waals surface area (Å²) in [6.07, 6.45) is 2.83. The van der Waals surface area contributed by atoms with E-state index >= 15 is 4.39 Å². The van der Waals surface area contributed by atoms with Crippen molar-refractivity contribution >= 4 is 22.5 Å². The fraction of sp³-hybridized carbons (Fsp3) is 0.214. The monoisotopic (exact) mass is 472 g/mol. The maximum atomic E-state index is 15.1. The van der Waals surface area contributed by atoms with Crippen LogP contribution in [0.2, 0.25) is 0 Å². The fourth-order valence-electron chi connectivity index (χ4n) is 4.57. The molecular weight excluding hydrogens is 447 g/mol. The summed E-state index contributed by atoms with van der Waals surface area (Å²) in [6, 6.07) is 19.9. The lowest BCUT2D eigenvalue weighted by atomic mass is 9.99. The van der Waals surface area contributed by atoms with Crippen molar-refractivity contribution in [2.75, 3.05) is 25.7 Å². The van der Waals surface area contributed by atoms with Gasteiger partial charge in [-0.05, 0) is 48.2 Å². The zero-order valence-electron chi connectivity index (χ0n) is 19.5. The van der Waals surface area contributed by atoms with Crippen LogP contribution in [-0.2, 0) is 11.2 Å². The Balaban J connectivity index is 1.36. The standard InChI is InChI=1S/C28H25FN2O4/c1-33-25-11-9-21-23(12-13-30-27(21)28(25)34-2)35-24-10-8-20(16-22(24)29)31-17-19(15-26(31)32)14-18-6-4-3-5-7-18/h3-13,16,19H,14-15,17H2,1-2H3. The molecule has 3 aromatic carbocycles. The van der Waals surface area contributed by atoms with Crippen LogP contribution < -0.4 is 19.1 Å². The van der Waals surface area contributed by atoms with Crippen LogP contribution in [0.25, 0.3) is 10.9 Å². The summed E-state index contributed by atoms with van der Waals surface area (Å²) in [4.78, 5) is 18.7. The number of fused-ring (bicyclic) bond motifs is 1. The topological polar surface area (TPSA) is 60.9 Å². The molecule has 1 unspecified atom stereocenters. The van der Waals surface area contributed by atoms with Crippen LogP contribution in [0.15, 0.2) is 72.9 Å². The van der Waals surface area contributed by atoms with E-state index in [9.17, 15) is 4.79 Å². The highest BCUT2D eigenvalue weighted by molar-refractivity contribution is 5.96. The SMILES string of the molecule is COc1ccc2c(Oc3ccc(N4CC(Cc5ccccc5)CC4=O)cc3F)ccnc2c1OC. The Morgan fingerprint density at radius 3 is 2.51 bits per heavy atom.